The van der Waals surface area contributed by atoms with E-state index >= 15 is 0 Å². The maximum Gasteiger partial charge on any atom is 0.294 e. The van der Waals surface area contributed by atoms with E-state index in [0.717, 1.165) is 0 Å². The predicted octanol–water partition coefficient (Wildman–Crippen LogP) is -0.983. The van der Waals surface area contributed by atoms with Crippen LogP contribution in [0.15, 0.2) is 5.18 Å². The molecule has 2 heterocycles. The summed E-state index contributed by atoms with van der Waals surface area (Å²) in [5.41, 5.74) is 0. The molecule has 2 aliphatic heterocycles. The third-order valence-electron chi connectivity index (χ3n) is 2.76. The van der Waals surface area contributed by atoms with Crippen LogP contribution in [0.2, 0.25) is 0 Å². The Balaban J connectivity index is 1.77. The van der Waals surface area contributed by atoms with Crippen LogP contribution in [0.1, 0.15) is 0 Å². The molecule has 10 heteroatoms. The Bertz CT molecular complexity index is 315. The fraction of sp³-hybridized carbons (Fsp3) is 1.00. The van der Waals surface area contributed by atoms with Crippen LogP contribution in [0.3, 0.4) is 0 Å². The Labute approximate surface area is 102 Å². The van der Waals surface area contributed by atoms with Gasteiger partial charge in [-0.2, -0.15) is 0 Å². The van der Waals surface area contributed by atoms with Gasteiger partial charge in [0.2, 0.25) is 0 Å². The molecule has 1 N–H and O–H groups in total. The minimum absolute atomic E-state index is 0.0460. The first kappa shape index (κ1) is 13.1. The van der Waals surface area contributed by atoms with Gasteiger partial charge in [-0.15, -0.1) is 15.0 Å². The van der Waals surface area contributed by atoms with Crippen LogP contribution in [0, 0.1) is 15.0 Å². The zero-order valence-corrected chi connectivity index (χ0v) is 9.39. The summed E-state index contributed by atoms with van der Waals surface area (Å²) in [6, 6.07) is 0. The van der Waals surface area contributed by atoms with E-state index in [0.29, 0.717) is 0 Å². The number of hydrogen-bond acceptors (Lipinski definition) is 9. The van der Waals surface area contributed by atoms with Gasteiger partial charge in [0.1, 0.15) is 25.0 Å². The van der Waals surface area contributed by atoms with Crippen molar-refractivity contribution in [3.63, 3.8) is 0 Å². The first-order chi connectivity index (χ1) is 8.72. The van der Waals surface area contributed by atoms with Crippen molar-refractivity contribution in [1.82, 2.24) is 5.32 Å². The molecule has 102 valence electrons. The lowest BCUT2D eigenvalue weighted by Gasteiger charge is -2.16. The fourth-order valence-corrected chi connectivity index (χ4v) is 2.03. The highest BCUT2D eigenvalue weighted by atomic mass is 17.0. The lowest BCUT2D eigenvalue weighted by atomic mass is 10.1. The van der Waals surface area contributed by atoms with Gasteiger partial charge in [0.15, 0.2) is 6.10 Å². The predicted molar refractivity (Wildman–Crippen MR) is 54.9 cm³/mol. The summed E-state index contributed by atoms with van der Waals surface area (Å²) in [4.78, 5) is 24.6. The van der Waals surface area contributed by atoms with Gasteiger partial charge in [0.25, 0.3) is 5.09 Å². The van der Waals surface area contributed by atoms with Gasteiger partial charge < -0.3 is 19.0 Å². The van der Waals surface area contributed by atoms with E-state index in [4.69, 9.17) is 14.2 Å². The Morgan fingerprint density at radius 2 is 2.00 bits per heavy atom. The van der Waals surface area contributed by atoms with Gasteiger partial charge in [0, 0.05) is 0 Å². The molecule has 0 radical (unpaired) electrons. The van der Waals surface area contributed by atoms with Crippen LogP contribution in [-0.4, -0.2) is 56.1 Å². The Kier molecular flexibility index (Phi) is 4.36. The van der Waals surface area contributed by atoms with Gasteiger partial charge in [0.05, 0.1) is 19.9 Å². The highest BCUT2D eigenvalue weighted by Gasteiger charge is 2.49. The smallest absolute Gasteiger partial charge is 0.294 e. The minimum Gasteiger partial charge on any atom is -0.370 e. The Hall–Kier alpha value is -1.36. The van der Waals surface area contributed by atoms with E-state index in [2.05, 4.69) is 15.3 Å². The van der Waals surface area contributed by atoms with E-state index in [-0.39, 0.29) is 38.8 Å². The van der Waals surface area contributed by atoms with Crippen molar-refractivity contribution < 1.29 is 24.1 Å². The molecule has 0 unspecified atom stereocenters. The molecule has 2 rings (SSSR count). The Morgan fingerprint density at radius 1 is 1.33 bits per heavy atom. The average Bonchev–Trinajstić information content (AvgIpc) is 2.88. The topological polar surface area (TPSA) is 122 Å². The van der Waals surface area contributed by atoms with Crippen molar-refractivity contribution in [3.8, 4) is 0 Å². The second-order valence-electron chi connectivity index (χ2n) is 3.85. The molecule has 18 heavy (non-hydrogen) atoms. The number of fused-ring (bicyclic) bond motifs is 1. The number of nitroso groups, excluding NO2 is 1. The maximum atomic E-state index is 10.3. The van der Waals surface area contributed by atoms with Crippen molar-refractivity contribution in [2.75, 3.05) is 26.6 Å². The van der Waals surface area contributed by atoms with Crippen molar-refractivity contribution in [3.05, 3.63) is 15.0 Å². The molecule has 0 aromatic heterocycles. The SMILES string of the molecule is O=NCNCO[C@@H]1CO[C@H]2[C@@H]1OC[C@@H]2O[N+](=O)[O-]. The number of nitrogens with one attached hydrogen (secondary N) is 1. The lowest BCUT2D eigenvalue weighted by molar-refractivity contribution is -0.769. The summed E-state index contributed by atoms with van der Waals surface area (Å²) in [6.45, 7) is 0.450. The molecule has 0 spiro atoms. The van der Waals surface area contributed by atoms with Crippen LogP contribution >= 0.6 is 0 Å². The molecule has 0 saturated carbocycles. The summed E-state index contributed by atoms with van der Waals surface area (Å²) < 4.78 is 16.1. The number of hydrogen-bond donors (Lipinski definition) is 1. The molecule has 2 aliphatic rings. The molecule has 4 atom stereocenters. The molecule has 0 aromatic rings. The van der Waals surface area contributed by atoms with Crippen LogP contribution in [0.25, 0.3) is 0 Å². The van der Waals surface area contributed by atoms with Gasteiger partial charge in [-0.25, -0.2) is 0 Å². The zero-order chi connectivity index (χ0) is 13.0. The second-order valence-corrected chi connectivity index (χ2v) is 3.85. The second kappa shape index (κ2) is 6.00. The third kappa shape index (κ3) is 2.90. The molecular weight excluding hydrogens is 250 g/mol. The van der Waals surface area contributed by atoms with Crippen LogP contribution in [0.4, 0.5) is 0 Å². The largest absolute Gasteiger partial charge is 0.370 e. The van der Waals surface area contributed by atoms with Gasteiger partial charge in [-0.1, -0.05) is 5.18 Å². The molecule has 0 bridgehead atoms. The van der Waals surface area contributed by atoms with E-state index in [1.807, 2.05) is 0 Å². The molecular formula is C8H13N3O7. The monoisotopic (exact) mass is 263 g/mol. The van der Waals surface area contributed by atoms with E-state index in [1.165, 1.54) is 0 Å². The molecule has 0 aliphatic carbocycles. The summed E-state index contributed by atoms with van der Waals surface area (Å²) in [7, 11) is 0. The van der Waals surface area contributed by atoms with Gasteiger partial charge >= 0.3 is 0 Å². The summed E-state index contributed by atoms with van der Waals surface area (Å²) in [5.74, 6) is 0. The molecule has 2 saturated heterocycles. The quantitative estimate of drug-likeness (QED) is 0.204. The van der Waals surface area contributed by atoms with Crippen LogP contribution in [-0.2, 0) is 19.0 Å². The maximum absolute atomic E-state index is 10.3. The highest BCUT2D eigenvalue weighted by molar-refractivity contribution is 4.95. The third-order valence-corrected chi connectivity index (χ3v) is 2.76. The highest BCUT2D eigenvalue weighted by Crippen LogP contribution is 2.30. The number of ether oxygens (including phenoxy) is 3. The van der Waals surface area contributed by atoms with Crippen molar-refractivity contribution in [2.45, 2.75) is 24.4 Å². The molecule has 0 aromatic carbocycles. The average molecular weight is 263 g/mol. The summed E-state index contributed by atoms with van der Waals surface area (Å²) >= 11 is 0. The molecule has 0 amide bonds. The van der Waals surface area contributed by atoms with Gasteiger partial charge in [-0.3, -0.25) is 5.32 Å². The first-order valence-electron chi connectivity index (χ1n) is 5.38. The minimum atomic E-state index is -0.856. The Morgan fingerprint density at radius 3 is 2.67 bits per heavy atom. The molecule has 2 fully saturated rings. The first-order valence-corrected chi connectivity index (χ1v) is 5.38. The number of rotatable bonds is 7. The van der Waals surface area contributed by atoms with E-state index < -0.39 is 17.3 Å². The zero-order valence-electron chi connectivity index (χ0n) is 9.39. The van der Waals surface area contributed by atoms with Crippen molar-refractivity contribution in [2.24, 2.45) is 5.18 Å². The van der Waals surface area contributed by atoms with E-state index in [9.17, 15) is 15.0 Å². The lowest BCUT2D eigenvalue weighted by Crippen LogP contribution is -2.36. The summed E-state index contributed by atoms with van der Waals surface area (Å²) in [6.07, 6.45) is -1.94. The summed E-state index contributed by atoms with van der Waals surface area (Å²) in [5, 5.41) is 14.7. The van der Waals surface area contributed by atoms with Gasteiger partial charge in [-0.05, 0) is 0 Å². The van der Waals surface area contributed by atoms with Crippen molar-refractivity contribution in [1.29, 1.82) is 0 Å². The van der Waals surface area contributed by atoms with E-state index in [1.54, 1.807) is 0 Å². The van der Waals surface area contributed by atoms with Crippen LogP contribution < -0.4 is 5.32 Å². The number of nitrogens with zero attached hydrogens (tertiary/aromatic N) is 2. The standard InChI is InChI=1S/C8H13N3O7/c12-10-3-9-4-17-5-1-15-8-6(18-11(13)14)2-16-7(5)8/h5-9H,1-4H2/t5-,6+,7-,8-/m1/s1. The van der Waals surface area contributed by atoms with Crippen LogP contribution in [0.5, 0.6) is 0 Å². The molecule has 10 nitrogen and oxygen atoms in total. The normalized spacial score (nSPS) is 34.2. The van der Waals surface area contributed by atoms with Crippen molar-refractivity contribution >= 4 is 0 Å². The fourth-order valence-electron chi connectivity index (χ4n) is 2.03.